The highest BCUT2D eigenvalue weighted by Crippen LogP contribution is 2.34. The third-order valence-corrected chi connectivity index (χ3v) is 5.18. The van der Waals surface area contributed by atoms with Gasteiger partial charge in [0.2, 0.25) is 5.95 Å². The number of benzene rings is 2. The SMILES string of the molecule is CCn1c(=O)c(-c2c(Cl)cccc2Cl)cc2c(N)nc(Nc3ccccc3)nc21. The molecule has 0 aliphatic rings. The monoisotopic (exact) mass is 425 g/mol. The van der Waals surface area contributed by atoms with E-state index < -0.39 is 0 Å². The van der Waals surface area contributed by atoms with Crippen molar-refractivity contribution in [3.63, 3.8) is 0 Å². The number of pyridine rings is 1. The summed E-state index contributed by atoms with van der Waals surface area (Å²) in [5.74, 6) is 0.561. The molecule has 0 spiro atoms. The van der Waals surface area contributed by atoms with Gasteiger partial charge in [-0.25, -0.2) is 0 Å². The lowest BCUT2D eigenvalue weighted by Crippen LogP contribution is -2.23. The first-order chi connectivity index (χ1) is 14.0. The van der Waals surface area contributed by atoms with Gasteiger partial charge in [-0.3, -0.25) is 9.36 Å². The molecule has 0 fully saturated rings. The molecule has 0 bridgehead atoms. The minimum absolute atomic E-state index is 0.250. The van der Waals surface area contributed by atoms with Crippen LogP contribution in [0, 0.1) is 0 Å². The minimum Gasteiger partial charge on any atom is -0.383 e. The molecule has 2 heterocycles. The molecule has 0 aliphatic carbocycles. The Morgan fingerprint density at radius 1 is 1.03 bits per heavy atom. The van der Waals surface area contributed by atoms with Crippen molar-refractivity contribution in [3.8, 4) is 11.1 Å². The van der Waals surface area contributed by atoms with Crippen molar-refractivity contribution >= 4 is 51.7 Å². The Bertz CT molecular complexity index is 1250. The summed E-state index contributed by atoms with van der Waals surface area (Å²) in [4.78, 5) is 22.1. The zero-order chi connectivity index (χ0) is 20.5. The van der Waals surface area contributed by atoms with Crippen molar-refractivity contribution in [1.29, 1.82) is 0 Å². The summed E-state index contributed by atoms with van der Waals surface area (Å²) in [5.41, 5.74) is 8.06. The van der Waals surface area contributed by atoms with E-state index in [0.29, 0.717) is 44.7 Å². The molecule has 2 aromatic heterocycles. The van der Waals surface area contributed by atoms with Crippen molar-refractivity contribution in [3.05, 3.63) is 75.0 Å². The standard InChI is InChI=1S/C21H17Cl2N5O/c1-2-28-19-14(11-13(20(28)29)17-15(22)9-6-10-16(17)23)18(24)26-21(27-19)25-12-7-4-3-5-8-12/h3-11H,2H2,1H3,(H3,24,25,26,27). The van der Waals surface area contributed by atoms with E-state index in [1.807, 2.05) is 37.3 Å². The molecule has 2 aromatic carbocycles. The van der Waals surface area contributed by atoms with Crippen LogP contribution in [0.2, 0.25) is 10.0 Å². The molecule has 0 radical (unpaired) electrons. The van der Waals surface area contributed by atoms with Gasteiger partial charge in [-0.05, 0) is 37.3 Å². The maximum atomic E-state index is 13.2. The molecule has 0 saturated carbocycles. The Balaban J connectivity index is 1.95. The van der Waals surface area contributed by atoms with Gasteiger partial charge >= 0.3 is 0 Å². The van der Waals surface area contributed by atoms with E-state index in [1.165, 1.54) is 0 Å². The van der Waals surface area contributed by atoms with Crippen LogP contribution < -0.4 is 16.6 Å². The van der Waals surface area contributed by atoms with Gasteiger partial charge in [0.1, 0.15) is 5.82 Å². The topological polar surface area (TPSA) is 85.8 Å². The second-order valence-corrected chi connectivity index (χ2v) is 7.18. The molecule has 3 N–H and O–H groups in total. The fourth-order valence-electron chi connectivity index (χ4n) is 3.20. The number of nitrogens with one attached hydrogen (secondary N) is 1. The number of para-hydroxylation sites is 1. The lowest BCUT2D eigenvalue weighted by atomic mass is 10.1. The van der Waals surface area contributed by atoms with Crippen LogP contribution in [0.4, 0.5) is 17.5 Å². The minimum atomic E-state index is -0.251. The summed E-state index contributed by atoms with van der Waals surface area (Å²) in [7, 11) is 0. The van der Waals surface area contributed by atoms with E-state index in [4.69, 9.17) is 28.9 Å². The van der Waals surface area contributed by atoms with Crippen molar-refractivity contribution in [2.75, 3.05) is 11.1 Å². The van der Waals surface area contributed by atoms with Crippen LogP contribution in [-0.4, -0.2) is 14.5 Å². The summed E-state index contributed by atoms with van der Waals surface area (Å²) >= 11 is 12.7. The Kier molecular flexibility index (Phi) is 5.13. The number of halogens is 2. The number of aromatic nitrogens is 3. The van der Waals surface area contributed by atoms with Gasteiger partial charge < -0.3 is 11.1 Å². The highest BCUT2D eigenvalue weighted by Gasteiger charge is 2.18. The molecular formula is C21H17Cl2N5O. The Morgan fingerprint density at radius 2 is 1.72 bits per heavy atom. The molecule has 0 saturated heterocycles. The number of hydrogen-bond donors (Lipinski definition) is 2. The predicted molar refractivity (Wildman–Crippen MR) is 119 cm³/mol. The van der Waals surface area contributed by atoms with E-state index in [2.05, 4.69) is 15.3 Å². The Hall–Kier alpha value is -3.09. The molecule has 0 atom stereocenters. The summed E-state index contributed by atoms with van der Waals surface area (Å²) in [6.07, 6.45) is 0. The second kappa shape index (κ2) is 7.73. The molecule has 0 amide bonds. The molecule has 8 heteroatoms. The van der Waals surface area contributed by atoms with E-state index in [-0.39, 0.29) is 11.4 Å². The number of fused-ring (bicyclic) bond motifs is 1. The molecular weight excluding hydrogens is 409 g/mol. The van der Waals surface area contributed by atoms with Crippen molar-refractivity contribution in [2.45, 2.75) is 13.5 Å². The first kappa shape index (κ1) is 19.2. The average Bonchev–Trinajstić information content (AvgIpc) is 2.69. The maximum Gasteiger partial charge on any atom is 0.260 e. The third-order valence-electron chi connectivity index (χ3n) is 4.55. The zero-order valence-electron chi connectivity index (χ0n) is 15.5. The van der Waals surface area contributed by atoms with Crippen molar-refractivity contribution in [2.24, 2.45) is 0 Å². The van der Waals surface area contributed by atoms with Crippen molar-refractivity contribution < 1.29 is 0 Å². The number of anilines is 3. The summed E-state index contributed by atoms with van der Waals surface area (Å²) in [5, 5.41) is 4.44. The summed E-state index contributed by atoms with van der Waals surface area (Å²) < 4.78 is 1.54. The summed E-state index contributed by atoms with van der Waals surface area (Å²) in [6.45, 7) is 2.26. The van der Waals surface area contributed by atoms with E-state index >= 15 is 0 Å². The highest BCUT2D eigenvalue weighted by atomic mass is 35.5. The van der Waals surface area contributed by atoms with E-state index in [1.54, 1.807) is 28.8 Å². The van der Waals surface area contributed by atoms with Crippen LogP contribution in [0.25, 0.3) is 22.2 Å². The van der Waals surface area contributed by atoms with Gasteiger partial charge in [-0.2, -0.15) is 9.97 Å². The van der Waals surface area contributed by atoms with Crippen LogP contribution in [0.1, 0.15) is 6.92 Å². The fourth-order valence-corrected chi connectivity index (χ4v) is 3.80. The van der Waals surface area contributed by atoms with Gasteiger partial charge in [0.05, 0.1) is 21.0 Å². The predicted octanol–water partition coefficient (Wildman–Crippen LogP) is 5.11. The van der Waals surface area contributed by atoms with Gasteiger partial charge in [0.15, 0.2) is 5.65 Å². The number of nitrogen functional groups attached to an aromatic ring is 1. The fraction of sp³-hybridized carbons (Fsp3) is 0.0952. The van der Waals surface area contributed by atoms with Crippen LogP contribution in [0.3, 0.4) is 0 Å². The molecule has 6 nitrogen and oxygen atoms in total. The Labute approximate surface area is 176 Å². The molecule has 4 aromatic rings. The first-order valence-corrected chi connectivity index (χ1v) is 9.72. The lowest BCUT2D eigenvalue weighted by Gasteiger charge is -2.15. The third kappa shape index (κ3) is 3.52. The largest absolute Gasteiger partial charge is 0.383 e. The molecule has 4 rings (SSSR count). The van der Waals surface area contributed by atoms with E-state index in [0.717, 1.165) is 5.69 Å². The van der Waals surface area contributed by atoms with Gasteiger partial charge in [0, 0.05) is 17.8 Å². The normalized spacial score (nSPS) is 11.0. The summed E-state index contributed by atoms with van der Waals surface area (Å²) in [6, 6.07) is 16.2. The molecule has 29 heavy (non-hydrogen) atoms. The first-order valence-electron chi connectivity index (χ1n) is 8.97. The zero-order valence-corrected chi connectivity index (χ0v) is 17.0. The number of rotatable bonds is 4. The molecule has 0 unspecified atom stereocenters. The number of nitrogens with zero attached hydrogens (tertiary/aromatic N) is 3. The van der Waals surface area contributed by atoms with E-state index in [9.17, 15) is 4.79 Å². The van der Waals surface area contributed by atoms with Crippen LogP contribution in [0.15, 0.2) is 59.4 Å². The molecule has 0 aliphatic heterocycles. The number of nitrogens with two attached hydrogens (primary N) is 1. The number of hydrogen-bond acceptors (Lipinski definition) is 5. The Morgan fingerprint density at radius 3 is 2.38 bits per heavy atom. The number of aryl methyl sites for hydroxylation is 1. The van der Waals surface area contributed by atoms with Gasteiger partial charge in [0.25, 0.3) is 5.56 Å². The maximum absolute atomic E-state index is 13.2. The van der Waals surface area contributed by atoms with Crippen LogP contribution >= 0.6 is 23.2 Å². The molecule has 146 valence electrons. The quantitative estimate of drug-likeness (QED) is 0.474. The average molecular weight is 426 g/mol. The second-order valence-electron chi connectivity index (χ2n) is 6.36. The lowest BCUT2D eigenvalue weighted by molar-refractivity contribution is 0.751. The smallest absolute Gasteiger partial charge is 0.260 e. The van der Waals surface area contributed by atoms with Gasteiger partial charge in [-0.1, -0.05) is 47.5 Å². The van der Waals surface area contributed by atoms with Gasteiger partial charge in [-0.15, -0.1) is 0 Å². The highest BCUT2D eigenvalue weighted by molar-refractivity contribution is 6.39. The van der Waals surface area contributed by atoms with Crippen LogP contribution in [0.5, 0.6) is 0 Å². The van der Waals surface area contributed by atoms with Crippen LogP contribution in [-0.2, 0) is 6.54 Å². The van der Waals surface area contributed by atoms with Crippen molar-refractivity contribution in [1.82, 2.24) is 14.5 Å².